The van der Waals surface area contributed by atoms with Crippen molar-refractivity contribution < 1.29 is 9.15 Å². The molecule has 0 fully saturated rings. The number of fused-ring (bicyclic) bond motifs is 1. The molecule has 146 valence electrons. The van der Waals surface area contributed by atoms with Crippen molar-refractivity contribution >= 4 is 29.9 Å². The van der Waals surface area contributed by atoms with E-state index in [1.807, 2.05) is 48.5 Å². The number of aryl methyl sites for hydroxylation is 1. The van der Waals surface area contributed by atoms with E-state index in [0.29, 0.717) is 18.5 Å². The lowest BCUT2D eigenvalue weighted by Gasteiger charge is -2.26. The molecule has 0 spiro atoms. The molecule has 2 aromatic carbocycles. The highest BCUT2D eigenvalue weighted by Crippen LogP contribution is 2.31. The van der Waals surface area contributed by atoms with E-state index in [4.69, 9.17) is 14.9 Å². The molecule has 3 N–H and O–H groups in total. The highest BCUT2D eigenvalue weighted by atomic mass is 127. The number of rotatable bonds is 4. The van der Waals surface area contributed by atoms with Gasteiger partial charge in [-0.05, 0) is 13.0 Å². The molecule has 0 amide bonds. The van der Waals surface area contributed by atoms with Gasteiger partial charge in [-0.1, -0.05) is 48.0 Å². The van der Waals surface area contributed by atoms with Gasteiger partial charge in [0.1, 0.15) is 12.3 Å². The summed E-state index contributed by atoms with van der Waals surface area (Å²) in [5.41, 5.74) is 9.37. The van der Waals surface area contributed by atoms with Crippen molar-refractivity contribution in [2.45, 2.75) is 25.9 Å². The average molecular weight is 490 g/mol. The Morgan fingerprint density at radius 1 is 1.21 bits per heavy atom. The minimum Gasteiger partial charge on any atom is -0.493 e. The Balaban J connectivity index is 0.00000225. The first-order valence-corrected chi connectivity index (χ1v) is 8.99. The Morgan fingerprint density at radius 2 is 2.00 bits per heavy atom. The van der Waals surface area contributed by atoms with Gasteiger partial charge in [-0.15, -0.1) is 24.0 Å². The molecule has 1 aromatic heterocycles. The summed E-state index contributed by atoms with van der Waals surface area (Å²) in [6, 6.07) is 16.2. The van der Waals surface area contributed by atoms with Crippen LogP contribution >= 0.6 is 24.0 Å². The fraction of sp³-hybridized carbons (Fsp3) is 0.238. The number of nitrogens with zero attached hydrogens (tertiary/aromatic N) is 2. The van der Waals surface area contributed by atoms with E-state index in [9.17, 15) is 0 Å². The van der Waals surface area contributed by atoms with E-state index in [1.54, 1.807) is 6.20 Å². The van der Waals surface area contributed by atoms with Gasteiger partial charge in [-0.3, -0.25) is 0 Å². The molecule has 1 unspecified atom stereocenters. The van der Waals surface area contributed by atoms with Crippen molar-refractivity contribution in [2.75, 3.05) is 6.61 Å². The summed E-state index contributed by atoms with van der Waals surface area (Å²) in [6.07, 6.45) is 2.55. The average Bonchev–Trinajstić information content (AvgIpc) is 3.16. The molecule has 4 rings (SSSR count). The standard InChI is InChI=1S/C21H22N4O2.HI/c1-14-6-8-15(9-7-14)19-12-23-20(27-19)13-24-21(22)25-17-10-11-26-18-5-3-2-4-16(17)18;/h2-9,12,17H,10-11,13H2,1H3,(H3,22,24,25);1H. The first-order chi connectivity index (χ1) is 13.2. The van der Waals surface area contributed by atoms with E-state index in [-0.39, 0.29) is 36.6 Å². The summed E-state index contributed by atoms with van der Waals surface area (Å²) < 4.78 is 11.5. The fourth-order valence-electron chi connectivity index (χ4n) is 3.10. The van der Waals surface area contributed by atoms with Crippen LogP contribution in [-0.4, -0.2) is 17.6 Å². The van der Waals surface area contributed by atoms with Crippen LogP contribution < -0.4 is 15.8 Å². The van der Waals surface area contributed by atoms with Gasteiger partial charge < -0.3 is 20.2 Å². The van der Waals surface area contributed by atoms with Crippen molar-refractivity contribution in [3.8, 4) is 17.1 Å². The molecule has 0 saturated heterocycles. The number of aromatic nitrogens is 1. The van der Waals surface area contributed by atoms with Gasteiger partial charge in [-0.2, -0.15) is 0 Å². The van der Waals surface area contributed by atoms with E-state index >= 15 is 0 Å². The van der Waals surface area contributed by atoms with Crippen LogP contribution in [0, 0.1) is 6.92 Å². The Bertz CT molecular complexity index is 953. The van der Waals surface area contributed by atoms with Crippen molar-refractivity contribution in [1.82, 2.24) is 10.3 Å². The summed E-state index contributed by atoms with van der Waals surface area (Å²) in [6.45, 7) is 2.99. The molecule has 0 aliphatic carbocycles. The predicted octanol–water partition coefficient (Wildman–Crippen LogP) is 4.20. The van der Waals surface area contributed by atoms with Crippen molar-refractivity contribution in [1.29, 1.82) is 0 Å². The van der Waals surface area contributed by atoms with Gasteiger partial charge in [0.2, 0.25) is 5.89 Å². The van der Waals surface area contributed by atoms with Gasteiger partial charge in [0.15, 0.2) is 11.7 Å². The predicted molar refractivity (Wildman–Crippen MR) is 120 cm³/mol. The molecule has 0 saturated carbocycles. The number of guanidine groups is 1. The normalized spacial score (nSPS) is 15.9. The van der Waals surface area contributed by atoms with Gasteiger partial charge in [0.25, 0.3) is 0 Å². The number of nitrogens with two attached hydrogens (primary N) is 1. The molecule has 0 radical (unpaired) electrons. The fourth-order valence-corrected chi connectivity index (χ4v) is 3.10. The van der Waals surface area contributed by atoms with Gasteiger partial charge >= 0.3 is 0 Å². The van der Waals surface area contributed by atoms with Crippen molar-refractivity contribution in [2.24, 2.45) is 10.7 Å². The zero-order valence-corrected chi connectivity index (χ0v) is 17.9. The Kier molecular flexibility index (Phi) is 6.56. The number of para-hydroxylation sites is 1. The number of hydrogen-bond acceptors (Lipinski definition) is 4. The van der Waals surface area contributed by atoms with E-state index in [2.05, 4.69) is 22.2 Å². The van der Waals surface area contributed by atoms with Crippen LogP contribution in [0.15, 0.2) is 64.1 Å². The van der Waals surface area contributed by atoms with Crippen LogP contribution in [0.3, 0.4) is 0 Å². The van der Waals surface area contributed by atoms with E-state index < -0.39 is 0 Å². The number of oxazole rings is 1. The minimum atomic E-state index is 0. The highest BCUT2D eigenvalue weighted by Gasteiger charge is 2.21. The molecule has 3 aromatic rings. The Labute approximate surface area is 181 Å². The molecular formula is C21H23IN4O2. The van der Waals surface area contributed by atoms with Gasteiger partial charge in [-0.25, -0.2) is 9.98 Å². The summed E-state index contributed by atoms with van der Waals surface area (Å²) >= 11 is 0. The quantitative estimate of drug-likeness (QED) is 0.326. The third-order valence-corrected chi connectivity index (χ3v) is 4.55. The molecule has 1 aliphatic heterocycles. The SMILES string of the molecule is Cc1ccc(-c2cnc(CN=C(N)NC3CCOc4ccccc43)o2)cc1.I. The number of benzene rings is 2. The summed E-state index contributed by atoms with van der Waals surface area (Å²) in [4.78, 5) is 8.66. The highest BCUT2D eigenvalue weighted by molar-refractivity contribution is 14.0. The van der Waals surface area contributed by atoms with Crippen molar-refractivity contribution in [3.05, 3.63) is 71.7 Å². The molecule has 28 heavy (non-hydrogen) atoms. The zero-order valence-electron chi connectivity index (χ0n) is 15.6. The van der Waals surface area contributed by atoms with Crippen LogP contribution in [0.5, 0.6) is 5.75 Å². The topological polar surface area (TPSA) is 85.7 Å². The lowest BCUT2D eigenvalue weighted by atomic mass is 10.0. The van der Waals surface area contributed by atoms with Gasteiger partial charge in [0.05, 0.1) is 18.8 Å². The Hall–Kier alpha value is -2.55. The lowest BCUT2D eigenvalue weighted by Crippen LogP contribution is -2.37. The number of hydrogen-bond donors (Lipinski definition) is 2. The van der Waals surface area contributed by atoms with Crippen LogP contribution in [0.2, 0.25) is 0 Å². The molecule has 0 bridgehead atoms. The summed E-state index contributed by atoms with van der Waals surface area (Å²) in [7, 11) is 0. The zero-order chi connectivity index (χ0) is 18.6. The third kappa shape index (κ3) is 4.64. The van der Waals surface area contributed by atoms with Gasteiger partial charge in [0, 0.05) is 17.5 Å². The maximum absolute atomic E-state index is 6.07. The first-order valence-electron chi connectivity index (χ1n) is 8.99. The smallest absolute Gasteiger partial charge is 0.216 e. The number of halogens is 1. The summed E-state index contributed by atoms with van der Waals surface area (Å²) in [5.74, 6) is 2.52. The second-order valence-electron chi connectivity index (χ2n) is 6.56. The van der Waals surface area contributed by atoms with Crippen LogP contribution in [0.4, 0.5) is 0 Å². The number of nitrogens with one attached hydrogen (secondary N) is 1. The first kappa shape index (κ1) is 20.2. The molecule has 7 heteroatoms. The minimum absolute atomic E-state index is 0. The molecule has 1 atom stereocenters. The summed E-state index contributed by atoms with van der Waals surface area (Å²) in [5, 5.41) is 3.27. The van der Waals surface area contributed by atoms with E-state index in [0.717, 1.165) is 29.1 Å². The Morgan fingerprint density at radius 3 is 2.82 bits per heavy atom. The van der Waals surface area contributed by atoms with Crippen LogP contribution in [0.1, 0.15) is 29.5 Å². The van der Waals surface area contributed by atoms with Crippen molar-refractivity contribution in [3.63, 3.8) is 0 Å². The third-order valence-electron chi connectivity index (χ3n) is 4.55. The maximum atomic E-state index is 6.07. The monoisotopic (exact) mass is 490 g/mol. The van der Waals surface area contributed by atoms with Crippen LogP contribution in [0.25, 0.3) is 11.3 Å². The number of ether oxygens (including phenoxy) is 1. The molecule has 6 nitrogen and oxygen atoms in total. The second-order valence-corrected chi connectivity index (χ2v) is 6.56. The molecular weight excluding hydrogens is 467 g/mol. The largest absolute Gasteiger partial charge is 0.493 e. The second kappa shape index (κ2) is 9.09. The lowest BCUT2D eigenvalue weighted by molar-refractivity contribution is 0.262. The molecule has 1 aliphatic rings. The number of aliphatic imine (C=N–C) groups is 1. The van der Waals surface area contributed by atoms with Crippen LogP contribution in [-0.2, 0) is 6.54 Å². The molecule has 2 heterocycles. The maximum Gasteiger partial charge on any atom is 0.216 e. The van der Waals surface area contributed by atoms with E-state index in [1.165, 1.54) is 5.56 Å².